The zero-order chi connectivity index (χ0) is 34.4. The Balaban J connectivity index is 1.53. The van der Waals surface area contributed by atoms with Gasteiger partial charge in [0.25, 0.3) is 11.6 Å². The second kappa shape index (κ2) is 11.2. The van der Waals surface area contributed by atoms with Crippen LogP contribution in [-0.2, 0) is 0 Å². The molecule has 0 saturated heterocycles. The molecule has 0 fully saturated rings. The molecule has 2 aromatic heterocycles. The summed E-state index contributed by atoms with van der Waals surface area (Å²) in [5.41, 5.74) is -0.747. The molecule has 224 valence electrons. The van der Waals surface area contributed by atoms with E-state index in [1.807, 2.05) is 18.2 Å². The van der Waals surface area contributed by atoms with Gasteiger partial charge in [-0.3, -0.25) is 4.99 Å². The van der Waals surface area contributed by atoms with Gasteiger partial charge in [-0.25, -0.2) is 58.2 Å². The normalized spacial score (nSPS) is 14.1. The largest absolute Gasteiger partial charge is 0.433 e. The molecular weight excluding hydrogens is 634 g/mol. The Hall–Kier alpha value is -8.38. The highest BCUT2D eigenvalue weighted by atomic mass is 19.2. The van der Waals surface area contributed by atoms with Crippen molar-refractivity contribution in [1.29, 1.82) is 15.8 Å². The predicted octanol–water partition coefficient (Wildman–Crippen LogP) is 3.45. The highest BCUT2D eigenvalue weighted by molar-refractivity contribution is 5.79. The summed E-state index contributed by atoms with van der Waals surface area (Å²) in [7, 11) is 0. The van der Waals surface area contributed by atoms with Gasteiger partial charge < -0.3 is 4.42 Å². The molecular formula is C32H6F2N14O. The van der Waals surface area contributed by atoms with Crippen LogP contribution in [0, 0.1) is 65.3 Å². The minimum absolute atomic E-state index is 0.0449. The van der Waals surface area contributed by atoms with E-state index in [0.29, 0.717) is 0 Å². The minimum Gasteiger partial charge on any atom is -0.433 e. The highest BCUT2D eigenvalue weighted by Gasteiger charge is 2.25. The van der Waals surface area contributed by atoms with Crippen molar-refractivity contribution in [3.63, 3.8) is 0 Å². The van der Waals surface area contributed by atoms with Crippen LogP contribution in [0.4, 0.5) is 20.2 Å². The van der Waals surface area contributed by atoms with Crippen molar-refractivity contribution < 1.29 is 13.2 Å². The number of hydrogen-bond donors (Lipinski definition) is 0. The van der Waals surface area contributed by atoms with E-state index in [0.717, 1.165) is 12.1 Å². The second-order valence-corrected chi connectivity index (χ2v) is 9.71. The molecule has 0 N–H and O–H groups in total. The molecule has 0 aliphatic carbocycles. The first-order valence-corrected chi connectivity index (χ1v) is 13.4. The molecule has 15 nitrogen and oxygen atoms in total. The van der Waals surface area contributed by atoms with Crippen LogP contribution in [0.15, 0.2) is 72.4 Å². The number of rotatable bonds is 3. The van der Waals surface area contributed by atoms with E-state index in [1.54, 1.807) is 0 Å². The molecule has 0 spiro atoms. The summed E-state index contributed by atoms with van der Waals surface area (Å²) in [6.07, 6.45) is 0. The van der Waals surface area contributed by atoms with Gasteiger partial charge in [0.15, 0.2) is 40.5 Å². The van der Waals surface area contributed by atoms with Crippen LogP contribution in [0.3, 0.4) is 0 Å². The summed E-state index contributed by atoms with van der Waals surface area (Å²) in [4.78, 5) is 44.6. The average molecular weight is 640 g/mol. The highest BCUT2D eigenvalue weighted by Crippen LogP contribution is 2.29. The van der Waals surface area contributed by atoms with Crippen LogP contribution < -0.4 is 21.4 Å². The van der Waals surface area contributed by atoms with Crippen LogP contribution in [0.25, 0.3) is 48.6 Å². The van der Waals surface area contributed by atoms with E-state index in [-0.39, 0.29) is 78.1 Å². The Labute approximate surface area is 270 Å². The summed E-state index contributed by atoms with van der Waals surface area (Å²) in [6, 6.07) is 12.9. The number of aromatic nitrogens is 4. The maximum absolute atomic E-state index is 14.0. The van der Waals surface area contributed by atoms with Gasteiger partial charge in [-0.05, 0) is 0 Å². The topological polar surface area (TPSA) is 199 Å². The smallest absolute Gasteiger partial charge is 0.274 e. The maximum atomic E-state index is 14.0. The molecule has 0 unspecified atom stereocenters. The third kappa shape index (κ3) is 4.67. The van der Waals surface area contributed by atoms with Crippen LogP contribution >= 0.6 is 0 Å². The number of hydrogen-bond acceptors (Lipinski definition) is 12. The molecule has 2 aliphatic heterocycles. The van der Waals surface area contributed by atoms with Crippen LogP contribution in [0.5, 0.6) is 0 Å². The number of benzene rings is 3. The van der Waals surface area contributed by atoms with Crippen molar-refractivity contribution in [3.05, 3.63) is 138 Å². The van der Waals surface area contributed by atoms with E-state index in [9.17, 15) is 24.6 Å². The number of halogens is 2. The zero-order valence-corrected chi connectivity index (χ0v) is 23.9. The third-order valence-corrected chi connectivity index (χ3v) is 6.96. The minimum atomic E-state index is -1.21. The summed E-state index contributed by atoms with van der Waals surface area (Å²) >= 11 is 0. The van der Waals surface area contributed by atoms with E-state index in [2.05, 4.69) is 54.4 Å². The standard InChI is InChI=1S/C32H6F2N14O/c1-38-18-6-4-13(10-35)22-24(18)44-27(42-22)15(12-37)28-46-30(48-31(47-28)32-41-20-8-16(33)17(34)9-21(20)49-32)26(40-3)29-43-23-14(11-36)5-7-19(39-2)25(23)45-29/h4-9H/b27-15-,29-26-. The molecule has 0 saturated carbocycles. The van der Waals surface area contributed by atoms with Gasteiger partial charge in [0.2, 0.25) is 17.2 Å². The summed E-state index contributed by atoms with van der Waals surface area (Å²) in [5, 5.41) is 29.7. The number of oxazole rings is 1. The zero-order valence-electron chi connectivity index (χ0n) is 23.9. The Morgan fingerprint density at radius 1 is 0.694 bits per heavy atom. The summed E-state index contributed by atoms with van der Waals surface area (Å²) in [6.45, 7) is 22.9. The van der Waals surface area contributed by atoms with Crippen molar-refractivity contribution >= 4 is 33.7 Å². The molecule has 2 aliphatic rings. The fraction of sp³-hybridized carbons (Fsp3) is 0. The third-order valence-electron chi connectivity index (χ3n) is 6.96. The lowest BCUT2D eigenvalue weighted by atomic mass is 10.2. The molecule has 4 heterocycles. The Morgan fingerprint density at radius 3 is 1.86 bits per heavy atom. The van der Waals surface area contributed by atoms with Crippen molar-refractivity contribution in [3.8, 4) is 29.9 Å². The van der Waals surface area contributed by atoms with Crippen LogP contribution in [0.2, 0.25) is 0 Å². The first kappa shape index (κ1) is 29.3. The predicted molar refractivity (Wildman–Crippen MR) is 158 cm³/mol. The summed E-state index contributed by atoms with van der Waals surface area (Å²) in [5.74, 6) is -4.54. The Morgan fingerprint density at radius 2 is 1.27 bits per heavy atom. The lowest BCUT2D eigenvalue weighted by Crippen LogP contribution is -2.24. The van der Waals surface area contributed by atoms with Crippen molar-refractivity contribution in [2.24, 2.45) is 20.0 Å². The molecule has 17 heteroatoms. The molecule has 0 amide bonds. The number of nitriles is 3. The van der Waals surface area contributed by atoms with Crippen molar-refractivity contribution in [1.82, 2.24) is 19.9 Å². The molecule has 5 aromatic rings. The molecule has 3 aromatic carbocycles. The second-order valence-electron chi connectivity index (χ2n) is 9.71. The van der Waals surface area contributed by atoms with E-state index < -0.39 is 34.8 Å². The van der Waals surface area contributed by atoms with Gasteiger partial charge in [0, 0.05) is 12.1 Å². The quantitative estimate of drug-likeness (QED) is 0.211. The van der Waals surface area contributed by atoms with E-state index in [4.69, 9.17) is 24.1 Å². The average Bonchev–Trinajstić information content (AvgIpc) is 3.86. The van der Waals surface area contributed by atoms with E-state index >= 15 is 0 Å². The van der Waals surface area contributed by atoms with Gasteiger partial charge >= 0.3 is 0 Å². The number of allylic oxidation sites excluding steroid dienone is 1. The first-order chi connectivity index (χ1) is 23.8. The Bertz CT molecular complexity index is 2680. The fourth-order valence-electron chi connectivity index (χ4n) is 4.75. The maximum Gasteiger partial charge on any atom is 0.274 e. The monoisotopic (exact) mass is 640 g/mol. The van der Waals surface area contributed by atoms with Crippen LogP contribution in [-0.4, -0.2) is 19.9 Å². The molecule has 0 atom stereocenters. The summed E-state index contributed by atoms with van der Waals surface area (Å²) < 4.78 is 33.6. The molecule has 7 rings (SSSR count). The van der Waals surface area contributed by atoms with Gasteiger partial charge in [-0.2, -0.15) is 15.8 Å². The fourth-order valence-corrected chi connectivity index (χ4v) is 4.75. The lowest BCUT2D eigenvalue weighted by molar-refractivity contribution is 0.507. The lowest BCUT2D eigenvalue weighted by Gasteiger charge is -2.05. The molecule has 0 bridgehead atoms. The SMILES string of the molecule is [C-]#[N+]/C(=C1/N=c2c(C#N)ccc([N+]#[C-])c2=N1)c1nc(/C(C#N)=C2/N=c3c(C#N)ccc([N+]#[C-])c3=N2)nc(-c2nc3cc(F)c(F)cc3o2)n1. The van der Waals surface area contributed by atoms with E-state index in [1.165, 1.54) is 24.3 Å². The van der Waals surface area contributed by atoms with Gasteiger partial charge in [0.1, 0.15) is 29.3 Å². The van der Waals surface area contributed by atoms with Gasteiger partial charge in [-0.15, -0.1) is 0 Å². The number of fused-ring (bicyclic) bond motifs is 3. The number of nitrogens with zero attached hydrogens (tertiary/aromatic N) is 14. The van der Waals surface area contributed by atoms with Crippen molar-refractivity contribution in [2.45, 2.75) is 0 Å². The first-order valence-electron chi connectivity index (χ1n) is 13.4. The molecule has 0 radical (unpaired) electrons. The van der Waals surface area contributed by atoms with Gasteiger partial charge in [0.05, 0.1) is 52.3 Å². The van der Waals surface area contributed by atoms with Gasteiger partial charge in [-0.1, -0.05) is 24.3 Å². The molecule has 49 heavy (non-hydrogen) atoms. The van der Waals surface area contributed by atoms with Crippen LogP contribution in [0.1, 0.15) is 22.8 Å². The Kier molecular flexibility index (Phi) is 6.71. The van der Waals surface area contributed by atoms with Crippen molar-refractivity contribution in [2.75, 3.05) is 0 Å².